The lowest BCUT2D eigenvalue weighted by Gasteiger charge is -2.42. The Labute approximate surface area is 117 Å². The van der Waals surface area contributed by atoms with E-state index < -0.39 is 0 Å². The van der Waals surface area contributed by atoms with Crippen molar-refractivity contribution in [3.63, 3.8) is 0 Å². The third-order valence-electron chi connectivity index (χ3n) is 4.37. The molecule has 3 unspecified atom stereocenters. The molecular formula is C15H28N4. The van der Waals surface area contributed by atoms with Crippen molar-refractivity contribution in [2.45, 2.75) is 52.2 Å². The zero-order valence-corrected chi connectivity index (χ0v) is 12.5. The molecule has 0 bridgehead atoms. The lowest BCUT2D eigenvalue weighted by molar-refractivity contribution is 0.0932. The molecule has 1 N–H and O–H groups in total. The normalized spacial score (nSPS) is 26.5. The zero-order valence-electron chi connectivity index (χ0n) is 12.5. The zero-order chi connectivity index (χ0) is 13.7. The minimum Gasteiger partial charge on any atom is -0.337 e. The van der Waals surface area contributed by atoms with Crippen LogP contribution >= 0.6 is 0 Å². The van der Waals surface area contributed by atoms with Crippen LogP contribution in [0.2, 0.25) is 0 Å². The summed E-state index contributed by atoms with van der Waals surface area (Å²) >= 11 is 0. The number of hydrogen-bond acceptors (Lipinski definition) is 3. The fourth-order valence-corrected chi connectivity index (χ4v) is 2.97. The van der Waals surface area contributed by atoms with Crippen molar-refractivity contribution in [3.8, 4) is 0 Å². The molecule has 4 nitrogen and oxygen atoms in total. The molecule has 1 aliphatic heterocycles. The van der Waals surface area contributed by atoms with E-state index in [2.05, 4.69) is 40.5 Å². The van der Waals surface area contributed by atoms with E-state index in [9.17, 15) is 0 Å². The second kappa shape index (κ2) is 7.06. The summed E-state index contributed by atoms with van der Waals surface area (Å²) in [6, 6.07) is 1.32. The highest BCUT2D eigenvalue weighted by Gasteiger charge is 2.28. The van der Waals surface area contributed by atoms with Crippen LogP contribution in [0, 0.1) is 5.92 Å². The maximum absolute atomic E-state index is 4.10. The van der Waals surface area contributed by atoms with Crippen molar-refractivity contribution in [2.24, 2.45) is 5.92 Å². The van der Waals surface area contributed by atoms with Gasteiger partial charge in [0, 0.05) is 50.7 Å². The Bertz CT molecular complexity index is 349. The second-order valence-electron chi connectivity index (χ2n) is 5.91. The first-order valence-corrected chi connectivity index (χ1v) is 7.64. The van der Waals surface area contributed by atoms with E-state index in [-0.39, 0.29) is 0 Å². The van der Waals surface area contributed by atoms with E-state index in [1.807, 2.05) is 18.7 Å². The Hall–Kier alpha value is -0.870. The van der Waals surface area contributed by atoms with Gasteiger partial charge in [0.2, 0.25) is 0 Å². The number of aromatic nitrogens is 2. The number of nitrogens with one attached hydrogen (secondary N) is 1. The monoisotopic (exact) mass is 264 g/mol. The van der Waals surface area contributed by atoms with Crippen molar-refractivity contribution < 1.29 is 0 Å². The van der Waals surface area contributed by atoms with Crippen LogP contribution in [0.4, 0.5) is 0 Å². The highest BCUT2D eigenvalue weighted by atomic mass is 15.2. The summed E-state index contributed by atoms with van der Waals surface area (Å²) in [5, 5.41) is 3.62. The molecule has 0 saturated carbocycles. The van der Waals surface area contributed by atoms with E-state index in [4.69, 9.17) is 0 Å². The van der Waals surface area contributed by atoms with E-state index in [1.54, 1.807) is 0 Å². The van der Waals surface area contributed by atoms with Gasteiger partial charge >= 0.3 is 0 Å². The lowest BCUT2D eigenvalue weighted by atomic mass is 9.94. The first-order valence-electron chi connectivity index (χ1n) is 7.64. The third kappa shape index (κ3) is 4.05. The van der Waals surface area contributed by atoms with Gasteiger partial charge in [0.1, 0.15) is 0 Å². The number of nitrogens with zero attached hydrogens (tertiary/aromatic N) is 3. The summed E-state index contributed by atoms with van der Waals surface area (Å²) in [6.07, 6.45) is 8.28. The van der Waals surface area contributed by atoms with Crippen LogP contribution in [-0.2, 0) is 6.54 Å². The molecule has 108 valence electrons. The quantitative estimate of drug-likeness (QED) is 0.853. The van der Waals surface area contributed by atoms with Crippen molar-refractivity contribution in [2.75, 3.05) is 19.6 Å². The molecular weight excluding hydrogens is 236 g/mol. The topological polar surface area (TPSA) is 33.1 Å². The molecule has 1 saturated heterocycles. The molecule has 1 aromatic rings. The molecule has 2 rings (SSSR count). The van der Waals surface area contributed by atoms with Gasteiger partial charge in [-0.3, -0.25) is 4.90 Å². The van der Waals surface area contributed by atoms with Gasteiger partial charge in [0.05, 0.1) is 6.33 Å². The fraction of sp³-hybridized carbons (Fsp3) is 0.800. The second-order valence-corrected chi connectivity index (χ2v) is 5.91. The van der Waals surface area contributed by atoms with E-state index >= 15 is 0 Å². The smallest absolute Gasteiger partial charge is 0.0945 e. The Balaban J connectivity index is 1.83. The molecule has 1 aliphatic rings. The van der Waals surface area contributed by atoms with Gasteiger partial charge in [-0.2, -0.15) is 0 Å². The number of hydrogen-bond donors (Lipinski definition) is 1. The minimum absolute atomic E-state index is 0.619. The maximum Gasteiger partial charge on any atom is 0.0945 e. The summed E-state index contributed by atoms with van der Waals surface area (Å²) in [5.41, 5.74) is 0. The van der Waals surface area contributed by atoms with Gasteiger partial charge in [-0.1, -0.05) is 20.3 Å². The molecule has 4 heteroatoms. The number of imidazole rings is 1. The molecule has 1 fully saturated rings. The summed E-state index contributed by atoms with van der Waals surface area (Å²) in [5.74, 6) is 0.772. The predicted octanol–water partition coefficient (Wildman–Crippen LogP) is 1.98. The van der Waals surface area contributed by atoms with Crippen LogP contribution in [-0.4, -0.2) is 46.2 Å². The van der Waals surface area contributed by atoms with Crippen LogP contribution in [0.25, 0.3) is 0 Å². The van der Waals surface area contributed by atoms with Crippen molar-refractivity contribution >= 4 is 0 Å². The van der Waals surface area contributed by atoms with Crippen LogP contribution < -0.4 is 5.32 Å². The molecule has 19 heavy (non-hydrogen) atoms. The molecule has 0 aliphatic carbocycles. The summed E-state index contributed by atoms with van der Waals surface area (Å²) < 4.78 is 2.17. The van der Waals surface area contributed by atoms with Gasteiger partial charge in [-0.05, 0) is 19.3 Å². The standard InChI is InChI=1S/C15H28N4/c1-4-13(2)15-10-17-14(3)11-19(15)8-5-7-18-9-6-16-12-18/h6,9,12-15,17H,4-5,7-8,10-11H2,1-3H3. The highest BCUT2D eigenvalue weighted by molar-refractivity contribution is 4.87. The fourth-order valence-electron chi connectivity index (χ4n) is 2.97. The number of rotatable bonds is 6. The Morgan fingerprint density at radius 3 is 2.95 bits per heavy atom. The lowest BCUT2D eigenvalue weighted by Crippen LogP contribution is -2.57. The molecule has 0 spiro atoms. The van der Waals surface area contributed by atoms with E-state index in [1.165, 1.54) is 25.9 Å². The average Bonchev–Trinajstić information content (AvgIpc) is 2.91. The molecule has 3 atom stereocenters. The van der Waals surface area contributed by atoms with Gasteiger partial charge < -0.3 is 9.88 Å². The summed E-state index contributed by atoms with van der Waals surface area (Å²) in [4.78, 5) is 6.78. The van der Waals surface area contributed by atoms with Crippen molar-refractivity contribution in [1.29, 1.82) is 0 Å². The van der Waals surface area contributed by atoms with Crippen molar-refractivity contribution in [1.82, 2.24) is 19.8 Å². The maximum atomic E-state index is 4.10. The van der Waals surface area contributed by atoms with E-state index in [0.717, 1.165) is 19.0 Å². The molecule has 0 aromatic carbocycles. The third-order valence-corrected chi connectivity index (χ3v) is 4.37. The van der Waals surface area contributed by atoms with Gasteiger partial charge in [-0.15, -0.1) is 0 Å². The summed E-state index contributed by atoms with van der Waals surface area (Å²) in [7, 11) is 0. The Kier molecular flexibility index (Phi) is 5.40. The first kappa shape index (κ1) is 14.5. The van der Waals surface area contributed by atoms with Gasteiger partial charge in [0.25, 0.3) is 0 Å². The SMILES string of the molecule is CCC(C)C1CNC(C)CN1CCCn1ccnc1. The van der Waals surface area contributed by atoms with Crippen LogP contribution in [0.1, 0.15) is 33.6 Å². The van der Waals surface area contributed by atoms with Crippen LogP contribution in [0.5, 0.6) is 0 Å². The van der Waals surface area contributed by atoms with E-state index in [0.29, 0.717) is 12.1 Å². The molecule has 2 heterocycles. The number of piperazine rings is 1. The number of aryl methyl sites for hydroxylation is 1. The average molecular weight is 264 g/mol. The molecule has 0 radical (unpaired) electrons. The Morgan fingerprint density at radius 1 is 1.42 bits per heavy atom. The minimum atomic E-state index is 0.619. The van der Waals surface area contributed by atoms with Crippen LogP contribution in [0.3, 0.4) is 0 Å². The molecule has 0 amide bonds. The largest absolute Gasteiger partial charge is 0.337 e. The Morgan fingerprint density at radius 2 is 2.26 bits per heavy atom. The van der Waals surface area contributed by atoms with Gasteiger partial charge in [-0.25, -0.2) is 4.98 Å². The van der Waals surface area contributed by atoms with Crippen LogP contribution in [0.15, 0.2) is 18.7 Å². The molecule has 1 aromatic heterocycles. The van der Waals surface area contributed by atoms with Crippen molar-refractivity contribution in [3.05, 3.63) is 18.7 Å². The highest BCUT2D eigenvalue weighted by Crippen LogP contribution is 2.18. The summed E-state index contributed by atoms with van der Waals surface area (Å²) in [6.45, 7) is 11.6. The first-order chi connectivity index (χ1) is 9.20. The van der Waals surface area contributed by atoms with Gasteiger partial charge in [0.15, 0.2) is 0 Å². The predicted molar refractivity (Wildman–Crippen MR) is 79.1 cm³/mol.